The van der Waals surface area contributed by atoms with Gasteiger partial charge in [0.2, 0.25) is 0 Å². The standard InChI is InChI=1S/C11H16N4O/c1-2-9(16)3-6-12-10-5-8-15-11(14-10)4-7-13-15/h4-5,7-9,16H,2-3,6H2,1H3,(H,12,14). The van der Waals surface area contributed by atoms with Gasteiger partial charge in [-0.25, -0.2) is 9.50 Å². The van der Waals surface area contributed by atoms with Crippen molar-refractivity contribution in [3.63, 3.8) is 0 Å². The van der Waals surface area contributed by atoms with Gasteiger partial charge in [0.05, 0.1) is 12.3 Å². The summed E-state index contributed by atoms with van der Waals surface area (Å²) in [6.07, 6.45) is 4.87. The molecule has 0 aliphatic rings. The van der Waals surface area contributed by atoms with Gasteiger partial charge < -0.3 is 10.4 Å². The van der Waals surface area contributed by atoms with Gasteiger partial charge in [-0.3, -0.25) is 0 Å². The summed E-state index contributed by atoms with van der Waals surface area (Å²) in [4.78, 5) is 4.37. The molecule has 86 valence electrons. The summed E-state index contributed by atoms with van der Waals surface area (Å²) >= 11 is 0. The van der Waals surface area contributed by atoms with Crippen LogP contribution in [0.15, 0.2) is 24.5 Å². The Morgan fingerprint density at radius 3 is 3.19 bits per heavy atom. The Hall–Kier alpha value is -1.62. The fourth-order valence-electron chi connectivity index (χ4n) is 1.48. The lowest BCUT2D eigenvalue weighted by atomic mass is 10.2. The van der Waals surface area contributed by atoms with Crippen LogP contribution in [0.1, 0.15) is 19.8 Å². The third kappa shape index (κ3) is 2.49. The van der Waals surface area contributed by atoms with Crippen LogP contribution in [0.4, 0.5) is 5.82 Å². The van der Waals surface area contributed by atoms with Crippen molar-refractivity contribution < 1.29 is 5.11 Å². The quantitative estimate of drug-likeness (QED) is 0.797. The third-order valence-electron chi connectivity index (χ3n) is 2.51. The molecule has 1 atom stereocenters. The highest BCUT2D eigenvalue weighted by molar-refractivity contribution is 5.45. The van der Waals surface area contributed by atoms with Gasteiger partial charge in [0.25, 0.3) is 0 Å². The molecular formula is C11H16N4O. The molecule has 2 aromatic heterocycles. The van der Waals surface area contributed by atoms with Gasteiger partial charge in [-0.1, -0.05) is 6.92 Å². The van der Waals surface area contributed by atoms with Gasteiger partial charge >= 0.3 is 0 Å². The molecule has 0 radical (unpaired) electrons. The first-order valence-electron chi connectivity index (χ1n) is 5.52. The van der Waals surface area contributed by atoms with E-state index in [9.17, 15) is 5.11 Å². The first kappa shape index (κ1) is 10.9. The van der Waals surface area contributed by atoms with Gasteiger partial charge in [-0.15, -0.1) is 0 Å². The van der Waals surface area contributed by atoms with E-state index in [4.69, 9.17) is 0 Å². The van der Waals surface area contributed by atoms with Crippen LogP contribution < -0.4 is 5.32 Å². The molecule has 2 rings (SSSR count). The SMILES string of the molecule is CCC(O)CCNc1ccn2nccc2n1. The average Bonchev–Trinajstić information content (AvgIpc) is 2.76. The number of rotatable bonds is 5. The number of aliphatic hydroxyl groups excluding tert-OH is 1. The van der Waals surface area contributed by atoms with Crippen LogP contribution in [-0.4, -0.2) is 32.4 Å². The zero-order chi connectivity index (χ0) is 11.4. The second-order valence-corrected chi connectivity index (χ2v) is 3.72. The van der Waals surface area contributed by atoms with Gasteiger partial charge in [0.1, 0.15) is 5.82 Å². The lowest BCUT2D eigenvalue weighted by Gasteiger charge is -2.09. The summed E-state index contributed by atoms with van der Waals surface area (Å²) in [5, 5.41) is 16.6. The molecule has 2 aromatic rings. The van der Waals surface area contributed by atoms with E-state index in [0.717, 1.165) is 30.9 Å². The number of aromatic nitrogens is 3. The van der Waals surface area contributed by atoms with Crippen LogP contribution >= 0.6 is 0 Å². The fourth-order valence-corrected chi connectivity index (χ4v) is 1.48. The molecule has 16 heavy (non-hydrogen) atoms. The number of nitrogens with zero attached hydrogens (tertiary/aromatic N) is 3. The van der Waals surface area contributed by atoms with Gasteiger partial charge in [-0.05, 0) is 18.9 Å². The smallest absolute Gasteiger partial charge is 0.157 e. The Kier molecular flexibility index (Phi) is 3.36. The van der Waals surface area contributed by atoms with Crippen LogP contribution in [0.5, 0.6) is 0 Å². The maximum Gasteiger partial charge on any atom is 0.157 e. The molecule has 0 aliphatic heterocycles. The first-order valence-corrected chi connectivity index (χ1v) is 5.52. The Morgan fingerprint density at radius 1 is 1.50 bits per heavy atom. The number of anilines is 1. The summed E-state index contributed by atoms with van der Waals surface area (Å²) in [5.41, 5.74) is 0.820. The molecule has 2 heterocycles. The van der Waals surface area contributed by atoms with Crippen molar-refractivity contribution in [3.8, 4) is 0 Å². The molecule has 0 aromatic carbocycles. The summed E-state index contributed by atoms with van der Waals surface area (Å²) in [6.45, 7) is 2.70. The van der Waals surface area contributed by atoms with Crippen molar-refractivity contribution in [3.05, 3.63) is 24.5 Å². The van der Waals surface area contributed by atoms with Gasteiger partial charge in [0, 0.05) is 18.8 Å². The number of fused-ring (bicyclic) bond motifs is 1. The van der Waals surface area contributed by atoms with E-state index in [2.05, 4.69) is 15.4 Å². The highest BCUT2D eigenvalue weighted by Crippen LogP contribution is 2.06. The molecule has 0 aliphatic carbocycles. The van der Waals surface area contributed by atoms with Crippen LogP contribution in [-0.2, 0) is 0 Å². The molecule has 2 N–H and O–H groups in total. The number of nitrogens with one attached hydrogen (secondary N) is 1. The van der Waals surface area contributed by atoms with Crippen molar-refractivity contribution in [1.29, 1.82) is 0 Å². The molecule has 5 heteroatoms. The maximum atomic E-state index is 9.40. The van der Waals surface area contributed by atoms with E-state index >= 15 is 0 Å². The molecule has 1 unspecified atom stereocenters. The second kappa shape index (κ2) is 4.94. The van der Waals surface area contributed by atoms with Crippen molar-refractivity contribution in [2.24, 2.45) is 0 Å². The van der Waals surface area contributed by atoms with Crippen molar-refractivity contribution in [2.45, 2.75) is 25.9 Å². The summed E-state index contributed by atoms with van der Waals surface area (Å²) in [5.74, 6) is 0.816. The molecule has 0 saturated carbocycles. The highest BCUT2D eigenvalue weighted by atomic mass is 16.3. The molecular weight excluding hydrogens is 204 g/mol. The van der Waals surface area contributed by atoms with Crippen LogP contribution in [0.2, 0.25) is 0 Å². The van der Waals surface area contributed by atoms with Gasteiger partial charge in [-0.2, -0.15) is 5.10 Å². The predicted octanol–water partition coefficient (Wildman–Crippen LogP) is 1.30. The Morgan fingerprint density at radius 2 is 2.38 bits per heavy atom. The topological polar surface area (TPSA) is 62.5 Å². The highest BCUT2D eigenvalue weighted by Gasteiger charge is 2.01. The van der Waals surface area contributed by atoms with Gasteiger partial charge in [0.15, 0.2) is 5.65 Å². The average molecular weight is 220 g/mol. The molecule has 5 nitrogen and oxygen atoms in total. The zero-order valence-corrected chi connectivity index (χ0v) is 9.30. The Bertz CT molecular complexity index is 454. The largest absolute Gasteiger partial charge is 0.393 e. The van der Waals surface area contributed by atoms with E-state index in [1.165, 1.54) is 0 Å². The lowest BCUT2D eigenvalue weighted by molar-refractivity contribution is 0.164. The van der Waals surface area contributed by atoms with E-state index in [1.807, 2.05) is 25.3 Å². The number of hydrogen-bond donors (Lipinski definition) is 2. The molecule has 0 amide bonds. The zero-order valence-electron chi connectivity index (χ0n) is 9.30. The van der Waals surface area contributed by atoms with E-state index in [1.54, 1.807) is 10.7 Å². The van der Waals surface area contributed by atoms with E-state index in [0.29, 0.717) is 0 Å². The third-order valence-corrected chi connectivity index (χ3v) is 2.51. The lowest BCUT2D eigenvalue weighted by Crippen LogP contribution is -2.13. The summed E-state index contributed by atoms with van der Waals surface area (Å²) in [6, 6.07) is 3.73. The first-order chi connectivity index (χ1) is 7.79. The van der Waals surface area contributed by atoms with Crippen LogP contribution in [0.3, 0.4) is 0 Å². The predicted molar refractivity (Wildman–Crippen MR) is 62.4 cm³/mol. The minimum absolute atomic E-state index is 0.230. The molecule has 0 bridgehead atoms. The number of aliphatic hydroxyl groups is 1. The van der Waals surface area contributed by atoms with Crippen molar-refractivity contribution in [1.82, 2.24) is 14.6 Å². The molecule has 0 spiro atoms. The monoisotopic (exact) mass is 220 g/mol. The summed E-state index contributed by atoms with van der Waals surface area (Å²) < 4.78 is 1.71. The van der Waals surface area contributed by atoms with Crippen molar-refractivity contribution in [2.75, 3.05) is 11.9 Å². The number of hydrogen-bond acceptors (Lipinski definition) is 4. The molecule has 0 fully saturated rings. The maximum absolute atomic E-state index is 9.40. The van der Waals surface area contributed by atoms with Crippen molar-refractivity contribution >= 4 is 11.5 Å². The molecule has 0 saturated heterocycles. The minimum Gasteiger partial charge on any atom is -0.393 e. The van der Waals surface area contributed by atoms with E-state index < -0.39 is 0 Å². The normalized spacial score (nSPS) is 12.9. The Balaban J connectivity index is 1.93. The fraction of sp³-hybridized carbons (Fsp3) is 0.455. The van der Waals surface area contributed by atoms with Crippen LogP contribution in [0, 0.1) is 0 Å². The second-order valence-electron chi connectivity index (χ2n) is 3.72. The van der Waals surface area contributed by atoms with Crippen LogP contribution in [0.25, 0.3) is 5.65 Å². The van der Waals surface area contributed by atoms with E-state index in [-0.39, 0.29) is 6.10 Å². The Labute approximate surface area is 94.1 Å². The minimum atomic E-state index is -0.230. The summed E-state index contributed by atoms with van der Waals surface area (Å²) in [7, 11) is 0.